The molecule has 1 unspecified atom stereocenters. The third kappa shape index (κ3) is 2.66. The van der Waals surface area contributed by atoms with E-state index in [0.29, 0.717) is 17.3 Å². The average Bonchev–Trinajstić information content (AvgIpc) is 2.62. The van der Waals surface area contributed by atoms with Crippen LogP contribution in [0, 0.1) is 10.1 Å². The average molecular weight is 228 g/mol. The summed E-state index contributed by atoms with van der Waals surface area (Å²) in [5, 5.41) is 10.8. The Morgan fingerprint density at radius 1 is 1.87 bits per heavy atom. The molecule has 0 fully saturated rings. The van der Waals surface area contributed by atoms with Gasteiger partial charge in [-0.15, -0.1) is 6.58 Å². The molecule has 1 aromatic heterocycles. The van der Waals surface area contributed by atoms with Crippen molar-refractivity contribution in [3.05, 3.63) is 46.4 Å². The van der Waals surface area contributed by atoms with Crippen LogP contribution in [0.15, 0.2) is 30.5 Å². The van der Waals surface area contributed by atoms with E-state index in [9.17, 15) is 10.1 Å². The number of allylic oxidation sites excluding steroid dienone is 2. The number of nitrogens with one attached hydrogen (secondary N) is 1. The first-order valence-corrected chi connectivity index (χ1v) is 4.58. The second-order valence-corrected chi connectivity index (χ2v) is 3.42. The van der Waals surface area contributed by atoms with Crippen LogP contribution in [-0.2, 0) is 0 Å². The van der Waals surface area contributed by atoms with E-state index >= 15 is 0 Å². The van der Waals surface area contributed by atoms with Crippen molar-refractivity contribution < 1.29 is 4.92 Å². The minimum atomic E-state index is -0.543. The minimum Gasteiger partial charge on any atom is -0.358 e. The highest BCUT2D eigenvalue weighted by Gasteiger charge is 2.21. The predicted octanol–water partition coefficient (Wildman–Crippen LogP) is 2.73. The largest absolute Gasteiger partial charge is 0.358 e. The van der Waals surface area contributed by atoms with Crippen LogP contribution in [0.25, 0.3) is 0 Å². The molecule has 0 aromatic carbocycles. The maximum absolute atomic E-state index is 10.4. The molecule has 0 spiro atoms. The first-order valence-electron chi connectivity index (χ1n) is 4.20. The summed E-state index contributed by atoms with van der Waals surface area (Å²) in [6, 6.07) is 0. The van der Waals surface area contributed by atoms with Crippen LogP contribution >= 0.6 is 11.6 Å². The maximum atomic E-state index is 10.4. The van der Waals surface area contributed by atoms with E-state index in [1.54, 1.807) is 6.08 Å². The Labute approximate surface area is 91.6 Å². The topological polar surface area (TPSA) is 71.8 Å². The lowest BCUT2D eigenvalue weighted by Crippen LogP contribution is -2.00. The van der Waals surface area contributed by atoms with E-state index < -0.39 is 4.92 Å². The number of hydrogen-bond donors (Lipinski definition) is 1. The van der Waals surface area contributed by atoms with Gasteiger partial charge in [-0.1, -0.05) is 24.3 Å². The molecule has 0 amide bonds. The highest BCUT2D eigenvalue weighted by molar-refractivity contribution is 6.29. The first kappa shape index (κ1) is 11.5. The van der Waals surface area contributed by atoms with Crippen LogP contribution in [0.2, 0.25) is 0 Å². The Bertz CT molecular complexity index is 400. The molecule has 1 aromatic rings. The number of halogens is 1. The van der Waals surface area contributed by atoms with Gasteiger partial charge in [-0.3, -0.25) is 0 Å². The lowest BCUT2D eigenvalue weighted by atomic mass is 10.1. The highest BCUT2D eigenvalue weighted by atomic mass is 35.5. The van der Waals surface area contributed by atoms with Crippen LogP contribution in [0.3, 0.4) is 0 Å². The molecular weight excluding hydrogens is 218 g/mol. The van der Waals surface area contributed by atoms with Crippen LogP contribution in [-0.4, -0.2) is 14.9 Å². The lowest BCUT2D eigenvalue weighted by molar-refractivity contribution is -0.389. The molecule has 80 valence electrons. The number of aromatic nitrogens is 2. The van der Waals surface area contributed by atoms with Crippen molar-refractivity contribution in [3.8, 4) is 0 Å². The fraction of sp³-hybridized carbons (Fsp3) is 0.222. The zero-order chi connectivity index (χ0) is 11.4. The number of rotatable bonds is 5. The van der Waals surface area contributed by atoms with Gasteiger partial charge in [0.1, 0.15) is 6.20 Å². The van der Waals surface area contributed by atoms with Gasteiger partial charge >= 0.3 is 5.82 Å². The molecule has 1 N–H and O–H groups in total. The third-order valence-corrected chi connectivity index (χ3v) is 2.15. The van der Waals surface area contributed by atoms with Crippen molar-refractivity contribution in [1.29, 1.82) is 0 Å². The molecule has 0 saturated heterocycles. The van der Waals surface area contributed by atoms with Crippen LogP contribution in [0.5, 0.6) is 0 Å². The second-order valence-electron chi connectivity index (χ2n) is 2.93. The standard InChI is InChI=1S/C9H10ClN3O2/c1-3-4-7(6(2)10)9-11-5-8(12-9)13(14)15/h3,5,7H,1-2,4H2,(H,11,12). The van der Waals surface area contributed by atoms with Crippen LogP contribution < -0.4 is 0 Å². The van der Waals surface area contributed by atoms with Crippen molar-refractivity contribution >= 4 is 17.4 Å². The molecular formula is C9H10ClN3O2. The summed E-state index contributed by atoms with van der Waals surface area (Å²) < 4.78 is 0. The fourth-order valence-electron chi connectivity index (χ4n) is 1.15. The number of H-pyrrole nitrogens is 1. The number of nitrogens with zero attached hydrogens (tertiary/aromatic N) is 2. The smallest absolute Gasteiger partial charge is 0.340 e. The maximum Gasteiger partial charge on any atom is 0.340 e. The van der Waals surface area contributed by atoms with E-state index in [0.717, 1.165) is 6.20 Å². The molecule has 0 bridgehead atoms. The number of aromatic amines is 1. The van der Waals surface area contributed by atoms with E-state index in [4.69, 9.17) is 11.6 Å². The normalized spacial score (nSPS) is 12.1. The Hall–Kier alpha value is -1.62. The van der Waals surface area contributed by atoms with Crippen molar-refractivity contribution in [2.45, 2.75) is 12.3 Å². The molecule has 1 heterocycles. The molecule has 0 aliphatic heterocycles. The Morgan fingerprint density at radius 3 is 2.93 bits per heavy atom. The van der Waals surface area contributed by atoms with Crippen LogP contribution in [0.4, 0.5) is 5.82 Å². The number of hydrogen-bond acceptors (Lipinski definition) is 3. The zero-order valence-corrected chi connectivity index (χ0v) is 8.70. The Balaban J connectivity index is 2.96. The number of nitro groups is 1. The van der Waals surface area contributed by atoms with Gasteiger partial charge in [-0.05, 0) is 11.3 Å². The predicted molar refractivity (Wildman–Crippen MR) is 57.8 cm³/mol. The molecule has 1 rings (SSSR count). The zero-order valence-electron chi connectivity index (χ0n) is 7.94. The molecule has 0 aliphatic carbocycles. The SMILES string of the molecule is C=CCC(C(=C)Cl)c1ncc([N+](=O)[O-])[nH]1. The molecule has 0 saturated carbocycles. The molecule has 5 nitrogen and oxygen atoms in total. The van der Waals surface area contributed by atoms with E-state index in [-0.39, 0.29) is 11.7 Å². The molecule has 15 heavy (non-hydrogen) atoms. The quantitative estimate of drug-likeness (QED) is 0.478. The summed E-state index contributed by atoms with van der Waals surface area (Å²) in [4.78, 5) is 16.3. The molecule has 0 radical (unpaired) electrons. The van der Waals surface area contributed by atoms with Crippen molar-refractivity contribution in [2.24, 2.45) is 0 Å². The summed E-state index contributed by atoms with van der Waals surface area (Å²) >= 11 is 5.77. The lowest BCUT2D eigenvalue weighted by Gasteiger charge is -2.06. The van der Waals surface area contributed by atoms with Gasteiger partial charge < -0.3 is 10.1 Å². The second kappa shape index (κ2) is 4.75. The first-order chi connectivity index (χ1) is 7.06. The van der Waals surface area contributed by atoms with Crippen molar-refractivity contribution in [2.75, 3.05) is 0 Å². The summed E-state index contributed by atoms with van der Waals surface area (Å²) in [6.45, 7) is 7.17. The van der Waals surface area contributed by atoms with E-state index in [2.05, 4.69) is 23.1 Å². The summed E-state index contributed by atoms with van der Waals surface area (Å²) in [6.07, 6.45) is 3.35. The minimum absolute atomic E-state index is 0.156. The monoisotopic (exact) mass is 227 g/mol. The Morgan fingerprint density at radius 2 is 2.53 bits per heavy atom. The van der Waals surface area contributed by atoms with Crippen molar-refractivity contribution in [3.63, 3.8) is 0 Å². The molecule has 1 atom stereocenters. The van der Waals surface area contributed by atoms with Crippen LogP contribution in [0.1, 0.15) is 18.2 Å². The van der Waals surface area contributed by atoms with Gasteiger partial charge in [0.05, 0.1) is 5.92 Å². The van der Waals surface area contributed by atoms with Gasteiger partial charge in [0.15, 0.2) is 0 Å². The van der Waals surface area contributed by atoms with Gasteiger partial charge in [0.2, 0.25) is 5.82 Å². The summed E-state index contributed by atoms with van der Waals surface area (Å²) in [7, 11) is 0. The van der Waals surface area contributed by atoms with E-state index in [1.807, 2.05) is 0 Å². The van der Waals surface area contributed by atoms with Gasteiger partial charge in [0, 0.05) is 5.03 Å². The van der Waals surface area contributed by atoms with Gasteiger partial charge in [-0.25, -0.2) is 9.97 Å². The molecule has 0 aliphatic rings. The summed E-state index contributed by atoms with van der Waals surface area (Å²) in [5.74, 6) is 0.0106. The highest BCUT2D eigenvalue weighted by Crippen LogP contribution is 2.28. The van der Waals surface area contributed by atoms with Gasteiger partial charge in [-0.2, -0.15) is 0 Å². The van der Waals surface area contributed by atoms with E-state index in [1.165, 1.54) is 0 Å². The third-order valence-electron chi connectivity index (χ3n) is 1.89. The Kier molecular flexibility index (Phi) is 3.62. The summed E-state index contributed by atoms with van der Waals surface area (Å²) in [5.41, 5.74) is 0. The number of imidazole rings is 1. The van der Waals surface area contributed by atoms with Crippen molar-refractivity contribution in [1.82, 2.24) is 9.97 Å². The fourth-order valence-corrected chi connectivity index (χ4v) is 1.34. The molecule has 6 heteroatoms. The van der Waals surface area contributed by atoms with Gasteiger partial charge in [0.25, 0.3) is 0 Å².